The van der Waals surface area contributed by atoms with E-state index in [4.69, 9.17) is 11.6 Å². The highest BCUT2D eigenvalue weighted by Crippen LogP contribution is 2.21. The van der Waals surface area contributed by atoms with Gasteiger partial charge in [-0.05, 0) is 41.3 Å². The maximum absolute atomic E-state index is 11.2. The standard InChI is InChI=1S/C7H7ClO2S2/c1-11-12(9,10)7-4-2-6(8)3-5-7/h2-5H,1H3. The molecular formula is C7H7ClO2S2. The van der Waals surface area contributed by atoms with E-state index in [1.54, 1.807) is 12.1 Å². The van der Waals surface area contributed by atoms with Crippen molar-refractivity contribution in [1.29, 1.82) is 0 Å². The first-order chi connectivity index (χ1) is 5.56. The van der Waals surface area contributed by atoms with Gasteiger partial charge in [-0.3, -0.25) is 0 Å². The van der Waals surface area contributed by atoms with Crippen LogP contribution in [-0.2, 0) is 8.87 Å². The highest BCUT2D eigenvalue weighted by Gasteiger charge is 2.10. The van der Waals surface area contributed by atoms with Gasteiger partial charge in [0.05, 0.1) is 4.90 Å². The van der Waals surface area contributed by atoms with Crippen molar-refractivity contribution < 1.29 is 8.42 Å². The summed E-state index contributed by atoms with van der Waals surface area (Å²) in [6.45, 7) is 0. The molecular weight excluding hydrogens is 216 g/mol. The Balaban J connectivity index is 3.14. The molecule has 66 valence electrons. The van der Waals surface area contributed by atoms with Gasteiger partial charge in [0.2, 0.25) is 8.87 Å². The average Bonchev–Trinajstić information content (AvgIpc) is 2.05. The Labute approximate surface area is 80.2 Å². The summed E-state index contributed by atoms with van der Waals surface area (Å²) in [7, 11) is -2.34. The maximum atomic E-state index is 11.2. The van der Waals surface area contributed by atoms with Gasteiger partial charge in [0.1, 0.15) is 0 Å². The van der Waals surface area contributed by atoms with E-state index < -0.39 is 8.87 Å². The van der Waals surface area contributed by atoms with Gasteiger partial charge in [-0.2, -0.15) is 0 Å². The van der Waals surface area contributed by atoms with Gasteiger partial charge in [-0.1, -0.05) is 11.6 Å². The molecule has 0 atom stereocenters. The zero-order chi connectivity index (χ0) is 9.19. The Bertz CT molecular complexity index is 355. The molecule has 1 rings (SSSR count). The number of benzene rings is 1. The summed E-state index contributed by atoms with van der Waals surface area (Å²) in [5.74, 6) is 0. The van der Waals surface area contributed by atoms with Gasteiger partial charge in [0, 0.05) is 5.02 Å². The van der Waals surface area contributed by atoms with E-state index in [2.05, 4.69) is 0 Å². The summed E-state index contributed by atoms with van der Waals surface area (Å²) in [5.41, 5.74) is 0. The molecule has 1 aromatic carbocycles. The highest BCUT2D eigenvalue weighted by atomic mass is 35.5. The first-order valence-electron chi connectivity index (χ1n) is 3.12. The lowest BCUT2D eigenvalue weighted by atomic mass is 10.4. The second kappa shape index (κ2) is 3.68. The Morgan fingerprint density at radius 1 is 1.25 bits per heavy atom. The van der Waals surface area contributed by atoms with E-state index in [1.807, 2.05) is 0 Å². The van der Waals surface area contributed by atoms with E-state index in [9.17, 15) is 8.42 Å². The molecule has 0 amide bonds. The van der Waals surface area contributed by atoms with Crippen LogP contribution in [0.3, 0.4) is 0 Å². The molecule has 0 N–H and O–H groups in total. The van der Waals surface area contributed by atoms with Crippen molar-refractivity contribution >= 4 is 31.3 Å². The largest absolute Gasteiger partial charge is 0.229 e. The molecule has 0 aliphatic rings. The van der Waals surface area contributed by atoms with Crippen molar-refractivity contribution in [2.24, 2.45) is 0 Å². The fraction of sp³-hybridized carbons (Fsp3) is 0.143. The van der Waals surface area contributed by atoms with Crippen LogP contribution in [0.25, 0.3) is 0 Å². The number of hydrogen-bond donors (Lipinski definition) is 0. The zero-order valence-corrected chi connectivity index (χ0v) is 8.71. The predicted molar refractivity (Wildman–Crippen MR) is 52.2 cm³/mol. The summed E-state index contributed by atoms with van der Waals surface area (Å²) in [5, 5.41) is 0.537. The molecule has 0 aliphatic carbocycles. The topological polar surface area (TPSA) is 34.1 Å². The third kappa shape index (κ3) is 2.15. The second-order valence-corrected chi connectivity index (χ2v) is 6.54. The average molecular weight is 223 g/mol. The van der Waals surface area contributed by atoms with Crippen LogP contribution >= 0.6 is 22.4 Å². The molecule has 0 aromatic heterocycles. The van der Waals surface area contributed by atoms with Gasteiger partial charge < -0.3 is 0 Å². The van der Waals surface area contributed by atoms with Gasteiger partial charge >= 0.3 is 0 Å². The quantitative estimate of drug-likeness (QED) is 0.721. The Morgan fingerprint density at radius 2 is 1.75 bits per heavy atom. The Hall–Kier alpha value is -0.190. The minimum absolute atomic E-state index is 0.291. The van der Waals surface area contributed by atoms with Gasteiger partial charge in [0.15, 0.2) is 0 Å². The third-order valence-electron chi connectivity index (χ3n) is 1.32. The molecule has 0 unspecified atom stereocenters. The maximum Gasteiger partial charge on any atom is 0.229 e. The van der Waals surface area contributed by atoms with E-state index in [0.29, 0.717) is 9.92 Å². The van der Waals surface area contributed by atoms with Crippen LogP contribution in [0, 0.1) is 0 Å². The highest BCUT2D eigenvalue weighted by molar-refractivity contribution is 8.71. The van der Waals surface area contributed by atoms with E-state index in [1.165, 1.54) is 18.4 Å². The minimum Gasteiger partial charge on any atom is -0.212 e. The molecule has 0 bridgehead atoms. The molecule has 0 spiro atoms. The monoisotopic (exact) mass is 222 g/mol. The van der Waals surface area contributed by atoms with Crippen molar-refractivity contribution in [3.63, 3.8) is 0 Å². The SMILES string of the molecule is CSS(=O)(=O)c1ccc(Cl)cc1. The summed E-state index contributed by atoms with van der Waals surface area (Å²) in [6, 6.07) is 6.11. The fourth-order valence-corrected chi connectivity index (χ4v) is 2.40. The molecule has 0 heterocycles. The third-order valence-corrected chi connectivity index (χ3v) is 4.76. The normalized spacial score (nSPS) is 11.5. The number of hydrogen-bond acceptors (Lipinski definition) is 3. The molecule has 0 aliphatic heterocycles. The van der Waals surface area contributed by atoms with E-state index >= 15 is 0 Å². The summed E-state index contributed by atoms with van der Waals surface area (Å²) < 4.78 is 22.5. The van der Waals surface area contributed by atoms with Crippen LogP contribution < -0.4 is 0 Å². The second-order valence-electron chi connectivity index (χ2n) is 2.07. The van der Waals surface area contributed by atoms with Gasteiger partial charge in [-0.25, -0.2) is 8.42 Å². The number of halogens is 1. The van der Waals surface area contributed by atoms with Crippen LogP contribution in [-0.4, -0.2) is 14.7 Å². The number of rotatable bonds is 2. The fourth-order valence-electron chi connectivity index (χ4n) is 0.697. The van der Waals surface area contributed by atoms with E-state index in [0.717, 1.165) is 10.8 Å². The van der Waals surface area contributed by atoms with Gasteiger partial charge in [0.25, 0.3) is 0 Å². The van der Waals surface area contributed by atoms with Crippen LogP contribution in [0.2, 0.25) is 5.02 Å². The molecule has 2 nitrogen and oxygen atoms in total. The Morgan fingerprint density at radius 3 is 2.17 bits per heavy atom. The minimum atomic E-state index is -3.16. The zero-order valence-electron chi connectivity index (χ0n) is 6.32. The van der Waals surface area contributed by atoms with Crippen LogP contribution in [0.1, 0.15) is 0 Å². The first-order valence-corrected chi connectivity index (χ1v) is 6.73. The van der Waals surface area contributed by atoms with E-state index in [-0.39, 0.29) is 0 Å². The smallest absolute Gasteiger partial charge is 0.212 e. The molecule has 12 heavy (non-hydrogen) atoms. The summed E-state index contributed by atoms with van der Waals surface area (Å²) >= 11 is 5.60. The molecule has 0 saturated carbocycles. The first kappa shape index (κ1) is 9.89. The van der Waals surface area contributed by atoms with Crippen molar-refractivity contribution in [1.82, 2.24) is 0 Å². The van der Waals surface area contributed by atoms with Crippen molar-refractivity contribution in [2.45, 2.75) is 4.90 Å². The lowest BCUT2D eigenvalue weighted by molar-refractivity contribution is 0.610. The molecule has 0 radical (unpaired) electrons. The van der Waals surface area contributed by atoms with Gasteiger partial charge in [-0.15, -0.1) is 0 Å². The lowest BCUT2D eigenvalue weighted by Gasteiger charge is -1.98. The predicted octanol–water partition coefficient (Wildman–Crippen LogP) is 2.39. The van der Waals surface area contributed by atoms with Crippen LogP contribution in [0.4, 0.5) is 0 Å². The van der Waals surface area contributed by atoms with Crippen molar-refractivity contribution in [3.8, 4) is 0 Å². The van der Waals surface area contributed by atoms with Crippen molar-refractivity contribution in [3.05, 3.63) is 29.3 Å². The lowest BCUT2D eigenvalue weighted by Crippen LogP contribution is -1.92. The summed E-state index contributed by atoms with van der Waals surface area (Å²) in [4.78, 5) is 0.291. The van der Waals surface area contributed by atoms with Crippen LogP contribution in [0.5, 0.6) is 0 Å². The Kier molecular flexibility index (Phi) is 3.04. The molecule has 0 saturated heterocycles. The van der Waals surface area contributed by atoms with Crippen LogP contribution in [0.15, 0.2) is 29.2 Å². The summed E-state index contributed by atoms with van der Waals surface area (Å²) in [6.07, 6.45) is 1.53. The van der Waals surface area contributed by atoms with Crippen molar-refractivity contribution in [2.75, 3.05) is 6.26 Å². The molecule has 5 heteroatoms. The molecule has 0 fully saturated rings. The molecule has 1 aromatic rings.